The molecule has 0 bridgehead atoms. The van der Waals surface area contributed by atoms with Crippen LogP contribution in [0.5, 0.6) is 0 Å². The third-order valence-electron chi connectivity index (χ3n) is 4.42. The summed E-state index contributed by atoms with van der Waals surface area (Å²) < 4.78 is 0. The summed E-state index contributed by atoms with van der Waals surface area (Å²) in [7, 11) is 0. The molecule has 0 amide bonds. The molecule has 0 saturated carbocycles. The van der Waals surface area contributed by atoms with Crippen molar-refractivity contribution in [3.05, 3.63) is 34.3 Å². The van der Waals surface area contributed by atoms with Crippen molar-refractivity contribution in [2.24, 2.45) is 10.8 Å². The fraction of sp³-hybridized carbons (Fsp3) is 0.647. The first-order valence-electron chi connectivity index (χ1n) is 7.38. The standard InChI is InChI=1S/C17H26ClNO/c1-16(2,7-8-20)11-19-15-14-9-13(18)6-5-12(14)10-17(15,3)4/h5-6,9,15,19-20H,7-8,10-11H2,1-4H3. The fourth-order valence-corrected chi connectivity index (χ4v) is 3.35. The van der Waals surface area contributed by atoms with Crippen LogP contribution >= 0.6 is 11.6 Å². The average Bonchev–Trinajstić information content (AvgIpc) is 2.56. The topological polar surface area (TPSA) is 32.3 Å². The molecule has 1 atom stereocenters. The number of aliphatic hydroxyl groups is 1. The molecule has 0 aromatic heterocycles. The molecule has 2 nitrogen and oxygen atoms in total. The number of rotatable bonds is 5. The third kappa shape index (κ3) is 3.36. The third-order valence-corrected chi connectivity index (χ3v) is 4.65. The number of halogens is 1. The maximum Gasteiger partial charge on any atom is 0.0436 e. The van der Waals surface area contributed by atoms with E-state index < -0.39 is 0 Å². The predicted octanol–water partition coefficient (Wildman–Crippen LogP) is 3.96. The van der Waals surface area contributed by atoms with E-state index in [2.05, 4.69) is 45.1 Å². The number of hydrogen-bond donors (Lipinski definition) is 2. The van der Waals surface area contributed by atoms with Gasteiger partial charge < -0.3 is 10.4 Å². The van der Waals surface area contributed by atoms with Crippen LogP contribution in [0.3, 0.4) is 0 Å². The van der Waals surface area contributed by atoms with Crippen LogP contribution in [0.25, 0.3) is 0 Å². The minimum Gasteiger partial charge on any atom is -0.396 e. The normalized spacial score (nSPS) is 21.0. The lowest BCUT2D eigenvalue weighted by Crippen LogP contribution is -2.37. The van der Waals surface area contributed by atoms with E-state index in [-0.39, 0.29) is 17.4 Å². The quantitative estimate of drug-likeness (QED) is 0.862. The minimum atomic E-state index is 0.103. The van der Waals surface area contributed by atoms with Crippen LogP contribution in [0.4, 0.5) is 0 Å². The molecule has 0 saturated heterocycles. The van der Waals surface area contributed by atoms with E-state index in [0.717, 1.165) is 24.4 Å². The Morgan fingerprint density at radius 2 is 2.10 bits per heavy atom. The Morgan fingerprint density at radius 3 is 2.75 bits per heavy atom. The Kier molecular flexibility index (Phi) is 4.48. The van der Waals surface area contributed by atoms with Crippen molar-refractivity contribution in [3.8, 4) is 0 Å². The summed E-state index contributed by atoms with van der Waals surface area (Å²) in [5.41, 5.74) is 3.04. The molecule has 1 unspecified atom stereocenters. The zero-order valence-corrected chi connectivity index (χ0v) is 13.7. The van der Waals surface area contributed by atoms with Crippen LogP contribution in [0.15, 0.2) is 18.2 Å². The van der Waals surface area contributed by atoms with Crippen LogP contribution in [-0.2, 0) is 6.42 Å². The molecule has 112 valence electrons. The minimum absolute atomic E-state index is 0.103. The number of aliphatic hydroxyl groups excluding tert-OH is 1. The number of benzene rings is 1. The molecule has 0 heterocycles. The van der Waals surface area contributed by atoms with Crippen LogP contribution < -0.4 is 5.32 Å². The monoisotopic (exact) mass is 295 g/mol. The van der Waals surface area contributed by atoms with Gasteiger partial charge in [-0.2, -0.15) is 0 Å². The van der Waals surface area contributed by atoms with Gasteiger partial charge in [0.05, 0.1) is 0 Å². The van der Waals surface area contributed by atoms with E-state index in [9.17, 15) is 0 Å². The molecular formula is C17H26ClNO. The van der Waals surface area contributed by atoms with Crippen molar-refractivity contribution in [1.82, 2.24) is 5.32 Å². The van der Waals surface area contributed by atoms with E-state index in [1.165, 1.54) is 11.1 Å². The summed E-state index contributed by atoms with van der Waals surface area (Å²) in [6.45, 7) is 10.1. The molecule has 20 heavy (non-hydrogen) atoms. The Balaban J connectivity index is 2.17. The first kappa shape index (κ1) is 15.8. The van der Waals surface area contributed by atoms with Crippen molar-refractivity contribution in [3.63, 3.8) is 0 Å². The van der Waals surface area contributed by atoms with Gasteiger partial charge in [-0.25, -0.2) is 0 Å². The second-order valence-electron chi connectivity index (χ2n) is 7.46. The maximum absolute atomic E-state index is 9.15. The van der Waals surface area contributed by atoms with Gasteiger partial charge in [-0.15, -0.1) is 0 Å². The Morgan fingerprint density at radius 1 is 1.40 bits per heavy atom. The van der Waals surface area contributed by atoms with Crippen LogP contribution in [0.1, 0.15) is 51.3 Å². The Bertz CT molecular complexity index is 482. The van der Waals surface area contributed by atoms with Crippen LogP contribution in [0, 0.1) is 10.8 Å². The molecule has 1 aliphatic carbocycles. The molecule has 0 radical (unpaired) electrons. The fourth-order valence-electron chi connectivity index (χ4n) is 3.17. The van der Waals surface area contributed by atoms with E-state index in [4.69, 9.17) is 16.7 Å². The molecule has 1 aliphatic rings. The first-order chi connectivity index (χ1) is 9.25. The van der Waals surface area contributed by atoms with Gasteiger partial charge >= 0.3 is 0 Å². The zero-order chi connectivity index (χ0) is 15.0. The molecule has 2 N–H and O–H groups in total. The van der Waals surface area contributed by atoms with E-state index >= 15 is 0 Å². The van der Waals surface area contributed by atoms with Crippen molar-refractivity contribution < 1.29 is 5.11 Å². The van der Waals surface area contributed by atoms with Gasteiger partial charge in [0.2, 0.25) is 0 Å². The van der Waals surface area contributed by atoms with Gasteiger partial charge in [0.1, 0.15) is 0 Å². The van der Waals surface area contributed by atoms with Crippen molar-refractivity contribution in [1.29, 1.82) is 0 Å². The highest BCUT2D eigenvalue weighted by molar-refractivity contribution is 6.30. The average molecular weight is 296 g/mol. The highest BCUT2D eigenvalue weighted by Crippen LogP contribution is 2.46. The Labute approximate surface area is 127 Å². The smallest absolute Gasteiger partial charge is 0.0436 e. The maximum atomic E-state index is 9.15. The summed E-state index contributed by atoms with van der Waals surface area (Å²) in [6.07, 6.45) is 1.90. The van der Waals surface area contributed by atoms with Gasteiger partial charge in [-0.3, -0.25) is 0 Å². The molecule has 0 fully saturated rings. The highest BCUT2D eigenvalue weighted by atomic mass is 35.5. The molecule has 1 aromatic carbocycles. The summed E-state index contributed by atoms with van der Waals surface area (Å²) in [4.78, 5) is 0. The SMILES string of the molecule is CC(C)(CCO)CNC1c2cc(Cl)ccc2CC1(C)C. The lowest BCUT2D eigenvalue weighted by molar-refractivity contribution is 0.184. The first-order valence-corrected chi connectivity index (χ1v) is 7.76. The highest BCUT2D eigenvalue weighted by Gasteiger charge is 2.39. The number of fused-ring (bicyclic) bond motifs is 1. The molecule has 1 aromatic rings. The van der Waals surface area contributed by atoms with Crippen molar-refractivity contribution >= 4 is 11.6 Å². The van der Waals surface area contributed by atoms with Crippen molar-refractivity contribution in [2.75, 3.05) is 13.2 Å². The Hall–Kier alpha value is -0.570. The van der Waals surface area contributed by atoms with Gasteiger partial charge in [-0.1, -0.05) is 45.4 Å². The summed E-state index contributed by atoms with van der Waals surface area (Å²) in [5.74, 6) is 0. The lowest BCUT2D eigenvalue weighted by Gasteiger charge is -2.33. The van der Waals surface area contributed by atoms with Gasteiger partial charge in [-0.05, 0) is 46.9 Å². The van der Waals surface area contributed by atoms with E-state index in [0.29, 0.717) is 6.04 Å². The van der Waals surface area contributed by atoms with Gasteiger partial charge in [0.15, 0.2) is 0 Å². The van der Waals surface area contributed by atoms with E-state index in [1.807, 2.05) is 6.07 Å². The van der Waals surface area contributed by atoms with Crippen molar-refractivity contribution in [2.45, 2.75) is 46.6 Å². The molecule has 3 heteroatoms. The number of nitrogens with one attached hydrogen (secondary N) is 1. The zero-order valence-electron chi connectivity index (χ0n) is 13.0. The molecule has 2 rings (SSSR count). The second-order valence-corrected chi connectivity index (χ2v) is 7.90. The largest absolute Gasteiger partial charge is 0.396 e. The second kappa shape index (κ2) is 5.67. The van der Waals surface area contributed by atoms with Gasteiger partial charge in [0.25, 0.3) is 0 Å². The summed E-state index contributed by atoms with van der Waals surface area (Å²) >= 11 is 6.16. The molecule has 0 spiro atoms. The predicted molar refractivity (Wildman–Crippen MR) is 85.2 cm³/mol. The summed E-state index contributed by atoms with van der Waals surface area (Å²) in [6, 6.07) is 6.56. The van der Waals surface area contributed by atoms with Gasteiger partial charge in [0, 0.05) is 24.2 Å². The van der Waals surface area contributed by atoms with E-state index in [1.54, 1.807) is 0 Å². The molecule has 0 aliphatic heterocycles. The molecular weight excluding hydrogens is 270 g/mol. The lowest BCUT2D eigenvalue weighted by atomic mass is 9.83. The number of hydrogen-bond acceptors (Lipinski definition) is 2. The summed E-state index contributed by atoms with van der Waals surface area (Å²) in [5, 5.41) is 13.7. The van der Waals surface area contributed by atoms with Crippen LogP contribution in [0.2, 0.25) is 5.02 Å². The van der Waals surface area contributed by atoms with Crippen LogP contribution in [-0.4, -0.2) is 18.3 Å².